The van der Waals surface area contributed by atoms with Crippen molar-refractivity contribution in [1.29, 1.82) is 0 Å². The zero-order chi connectivity index (χ0) is 13.2. The van der Waals surface area contributed by atoms with Crippen molar-refractivity contribution < 1.29 is 26.7 Å². The van der Waals surface area contributed by atoms with E-state index in [2.05, 4.69) is 4.98 Å². The van der Waals surface area contributed by atoms with E-state index in [0.29, 0.717) is 6.07 Å². The second-order valence-corrected chi connectivity index (χ2v) is 3.09. The van der Waals surface area contributed by atoms with Crippen LogP contribution in [-0.4, -0.2) is 11.3 Å². The van der Waals surface area contributed by atoms with E-state index in [1.165, 1.54) is 0 Å². The van der Waals surface area contributed by atoms with Gasteiger partial charge in [-0.3, -0.25) is 4.79 Å². The molecule has 1 aromatic heterocycles. The maximum atomic E-state index is 12.5. The van der Waals surface area contributed by atoms with E-state index in [4.69, 9.17) is 5.73 Å². The van der Waals surface area contributed by atoms with Crippen LogP contribution in [0.3, 0.4) is 0 Å². The zero-order valence-electron chi connectivity index (χ0n) is 8.26. The van der Waals surface area contributed by atoms with E-state index in [-0.39, 0.29) is 12.0 Å². The highest BCUT2D eigenvalue weighted by molar-refractivity contribution is 5.79. The molecule has 0 aliphatic rings. The molecule has 0 bridgehead atoms. The highest BCUT2D eigenvalue weighted by Crippen LogP contribution is 2.34. The van der Waals surface area contributed by atoms with Crippen molar-refractivity contribution in [3.05, 3.63) is 28.6 Å². The van der Waals surface area contributed by atoms with Crippen molar-refractivity contribution in [3.63, 3.8) is 0 Å². The average molecular weight is 254 g/mol. The number of hydrogen-bond donors (Lipinski definition) is 1. The van der Waals surface area contributed by atoms with Gasteiger partial charge in [-0.05, 0) is 6.07 Å². The van der Waals surface area contributed by atoms with Crippen LogP contribution in [0.15, 0.2) is 6.07 Å². The Morgan fingerprint density at radius 3 is 2.35 bits per heavy atom. The SMILES string of the molecule is NCc1cc(C(F)F)c(C=O)c(C(F)(F)F)n1. The number of aldehydes is 1. The van der Waals surface area contributed by atoms with Gasteiger partial charge in [0.1, 0.15) is 0 Å². The molecule has 0 atom stereocenters. The average Bonchev–Trinajstić information content (AvgIpc) is 2.25. The topological polar surface area (TPSA) is 56.0 Å². The first kappa shape index (κ1) is 13.5. The second-order valence-electron chi connectivity index (χ2n) is 3.09. The highest BCUT2D eigenvalue weighted by atomic mass is 19.4. The predicted molar refractivity (Wildman–Crippen MR) is 47.5 cm³/mol. The van der Waals surface area contributed by atoms with E-state index in [0.717, 1.165) is 0 Å². The fraction of sp³-hybridized carbons (Fsp3) is 0.333. The summed E-state index contributed by atoms with van der Waals surface area (Å²) < 4.78 is 62.5. The van der Waals surface area contributed by atoms with E-state index in [1.54, 1.807) is 0 Å². The molecule has 0 saturated heterocycles. The maximum Gasteiger partial charge on any atom is 0.434 e. The number of aromatic nitrogens is 1. The molecule has 94 valence electrons. The summed E-state index contributed by atoms with van der Waals surface area (Å²) in [5.41, 5.74) is 0.917. The first-order valence-electron chi connectivity index (χ1n) is 4.35. The Bertz CT molecular complexity index is 430. The molecule has 1 aromatic rings. The molecule has 1 rings (SSSR count). The lowest BCUT2D eigenvalue weighted by Crippen LogP contribution is -2.17. The number of hydrogen-bond acceptors (Lipinski definition) is 3. The molecule has 0 aliphatic carbocycles. The molecular formula is C9H7F5N2O. The smallest absolute Gasteiger partial charge is 0.325 e. The van der Waals surface area contributed by atoms with E-state index in [1.807, 2.05) is 0 Å². The molecule has 0 aliphatic heterocycles. The van der Waals surface area contributed by atoms with Gasteiger partial charge in [-0.2, -0.15) is 13.2 Å². The van der Waals surface area contributed by atoms with Crippen LogP contribution in [-0.2, 0) is 12.7 Å². The Morgan fingerprint density at radius 2 is 2.00 bits per heavy atom. The van der Waals surface area contributed by atoms with Crippen molar-refractivity contribution in [2.45, 2.75) is 19.1 Å². The van der Waals surface area contributed by atoms with Crippen LogP contribution in [0.4, 0.5) is 22.0 Å². The number of carbonyl (C=O) groups excluding carboxylic acids is 1. The largest absolute Gasteiger partial charge is 0.434 e. The lowest BCUT2D eigenvalue weighted by Gasteiger charge is -2.13. The maximum absolute atomic E-state index is 12.5. The van der Waals surface area contributed by atoms with Crippen molar-refractivity contribution in [2.75, 3.05) is 0 Å². The molecule has 0 unspecified atom stereocenters. The van der Waals surface area contributed by atoms with Crippen LogP contribution in [0.25, 0.3) is 0 Å². The van der Waals surface area contributed by atoms with E-state index < -0.39 is 36.0 Å². The van der Waals surface area contributed by atoms with Crippen LogP contribution in [0.2, 0.25) is 0 Å². The number of halogens is 5. The lowest BCUT2D eigenvalue weighted by atomic mass is 10.1. The van der Waals surface area contributed by atoms with Gasteiger partial charge in [-0.1, -0.05) is 0 Å². The molecule has 0 aromatic carbocycles. The number of nitrogens with two attached hydrogens (primary N) is 1. The number of carbonyl (C=O) groups is 1. The molecule has 8 heteroatoms. The summed E-state index contributed by atoms with van der Waals surface area (Å²) in [6.45, 7) is -0.429. The molecule has 0 fully saturated rings. The molecule has 17 heavy (non-hydrogen) atoms. The lowest BCUT2D eigenvalue weighted by molar-refractivity contribution is -0.141. The van der Waals surface area contributed by atoms with Gasteiger partial charge in [-0.15, -0.1) is 0 Å². The van der Waals surface area contributed by atoms with E-state index >= 15 is 0 Å². The summed E-state index contributed by atoms with van der Waals surface area (Å²) in [6, 6.07) is 0.698. The molecule has 0 saturated carbocycles. The van der Waals surface area contributed by atoms with Crippen molar-refractivity contribution in [1.82, 2.24) is 4.98 Å². The van der Waals surface area contributed by atoms with Gasteiger partial charge in [0.2, 0.25) is 0 Å². The fourth-order valence-electron chi connectivity index (χ4n) is 1.26. The summed E-state index contributed by atoms with van der Waals surface area (Å²) in [5, 5.41) is 0. The van der Waals surface area contributed by atoms with Gasteiger partial charge >= 0.3 is 6.18 Å². The summed E-state index contributed by atoms with van der Waals surface area (Å²) >= 11 is 0. The molecule has 2 N–H and O–H groups in total. The van der Waals surface area contributed by atoms with Gasteiger partial charge in [-0.25, -0.2) is 13.8 Å². The first-order chi connectivity index (χ1) is 7.81. The zero-order valence-corrected chi connectivity index (χ0v) is 8.26. The van der Waals surface area contributed by atoms with Crippen molar-refractivity contribution in [2.24, 2.45) is 5.73 Å². The molecule has 1 heterocycles. The number of rotatable bonds is 3. The molecule has 3 nitrogen and oxygen atoms in total. The quantitative estimate of drug-likeness (QED) is 0.665. The minimum Gasteiger partial charge on any atom is -0.325 e. The van der Waals surface area contributed by atoms with Crippen LogP contribution in [0.5, 0.6) is 0 Å². The second kappa shape index (κ2) is 4.74. The predicted octanol–water partition coefficient (Wildman–Crippen LogP) is 2.31. The first-order valence-corrected chi connectivity index (χ1v) is 4.35. The van der Waals surface area contributed by atoms with Gasteiger partial charge in [0.05, 0.1) is 11.3 Å². The number of pyridine rings is 1. The van der Waals surface area contributed by atoms with Crippen LogP contribution < -0.4 is 5.73 Å². The van der Waals surface area contributed by atoms with Crippen molar-refractivity contribution in [3.8, 4) is 0 Å². The van der Waals surface area contributed by atoms with Crippen LogP contribution >= 0.6 is 0 Å². The van der Waals surface area contributed by atoms with Gasteiger partial charge < -0.3 is 5.73 Å². The normalized spacial score (nSPS) is 11.9. The third kappa shape index (κ3) is 2.76. The van der Waals surface area contributed by atoms with Gasteiger partial charge in [0.15, 0.2) is 12.0 Å². The Hall–Kier alpha value is -1.57. The molecule has 0 amide bonds. The monoisotopic (exact) mass is 254 g/mol. The third-order valence-electron chi connectivity index (χ3n) is 1.97. The number of nitrogens with zero attached hydrogens (tertiary/aromatic N) is 1. The molecule has 0 radical (unpaired) electrons. The summed E-state index contributed by atoms with van der Waals surface area (Å²) in [5.74, 6) is 0. The van der Waals surface area contributed by atoms with Gasteiger partial charge in [0, 0.05) is 12.1 Å². The highest BCUT2D eigenvalue weighted by Gasteiger charge is 2.37. The molecular weight excluding hydrogens is 247 g/mol. The summed E-state index contributed by atoms with van der Waals surface area (Å²) in [6.07, 6.45) is -8.47. The molecule has 0 spiro atoms. The minimum atomic E-state index is -4.98. The Kier molecular flexibility index (Phi) is 3.76. The van der Waals surface area contributed by atoms with Crippen LogP contribution in [0, 0.1) is 0 Å². The van der Waals surface area contributed by atoms with Gasteiger partial charge in [0.25, 0.3) is 6.43 Å². The Labute approximate surface area is 92.4 Å². The number of alkyl halides is 5. The minimum absolute atomic E-state index is 0.280. The van der Waals surface area contributed by atoms with Crippen LogP contribution in [0.1, 0.15) is 33.7 Å². The third-order valence-corrected chi connectivity index (χ3v) is 1.97. The summed E-state index contributed by atoms with van der Waals surface area (Å²) in [4.78, 5) is 13.6. The standard InChI is InChI=1S/C9H7F5N2O/c10-8(11)5-1-4(2-15)16-7(6(5)3-17)9(12,13)14/h1,3,8H,2,15H2. The summed E-state index contributed by atoms with van der Waals surface area (Å²) in [7, 11) is 0. The fourth-order valence-corrected chi connectivity index (χ4v) is 1.26. The van der Waals surface area contributed by atoms with E-state index in [9.17, 15) is 26.7 Å². The Morgan fingerprint density at radius 1 is 1.41 bits per heavy atom. The Balaban J connectivity index is 3.56. The van der Waals surface area contributed by atoms with Crippen molar-refractivity contribution >= 4 is 6.29 Å².